The molecular formula is C9H16N4O2S. The molecule has 0 radical (unpaired) electrons. The highest BCUT2D eigenvalue weighted by Gasteiger charge is 2.41. The molecule has 0 bridgehead atoms. The quantitative estimate of drug-likeness (QED) is 0.267. The summed E-state index contributed by atoms with van der Waals surface area (Å²) in [5.74, 6) is 1.58. The number of amidine groups is 1. The van der Waals surface area contributed by atoms with Crippen molar-refractivity contribution in [1.82, 2.24) is 10.6 Å². The number of urea groups is 1. The molecular weight excluding hydrogens is 228 g/mol. The van der Waals surface area contributed by atoms with Crippen molar-refractivity contribution in [2.24, 2.45) is 10.7 Å². The number of thioether (sulfide) groups is 1. The number of rotatable bonds is 5. The Bertz CT molecular complexity index is 327. The first-order valence-corrected chi connectivity index (χ1v) is 6.07. The minimum absolute atomic E-state index is 0.275. The Morgan fingerprint density at radius 1 is 1.56 bits per heavy atom. The smallest absolute Gasteiger partial charge is 0.322 e. The van der Waals surface area contributed by atoms with E-state index in [1.165, 1.54) is 0 Å². The first-order valence-electron chi connectivity index (χ1n) is 4.92. The topological polar surface area (TPSA) is 96.6 Å². The van der Waals surface area contributed by atoms with E-state index in [1.54, 1.807) is 25.6 Å². The summed E-state index contributed by atoms with van der Waals surface area (Å²) in [6.45, 7) is 4.06. The lowest BCUT2D eigenvalue weighted by Crippen LogP contribution is -2.46. The summed E-state index contributed by atoms with van der Waals surface area (Å²) in [5, 5.41) is 4.82. The highest BCUT2D eigenvalue weighted by Crippen LogP contribution is 2.16. The standard InChI is InChI=1S/C9H16N4O2S/c1-6(10)11-3-4-16-5-9(2)7(14)12-8(15)13-9/h3-5H2,1-2H3,(H2,10,11)(H2,12,13,14,15)/t9-/m0/s1. The minimum Gasteiger partial charge on any atom is -0.388 e. The molecule has 7 heteroatoms. The third-order valence-electron chi connectivity index (χ3n) is 2.11. The lowest BCUT2D eigenvalue weighted by Gasteiger charge is -2.19. The predicted octanol–water partition coefficient (Wildman–Crippen LogP) is -0.305. The van der Waals surface area contributed by atoms with Gasteiger partial charge in [0, 0.05) is 18.1 Å². The fraction of sp³-hybridized carbons (Fsp3) is 0.667. The molecule has 3 amide bonds. The Morgan fingerprint density at radius 2 is 2.25 bits per heavy atom. The van der Waals surface area contributed by atoms with Crippen molar-refractivity contribution >= 4 is 29.5 Å². The van der Waals surface area contributed by atoms with E-state index in [0.29, 0.717) is 18.1 Å². The molecule has 1 rings (SSSR count). The lowest BCUT2D eigenvalue weighted by atomic mass is 10.1. The first kappa shape index (κ1) is 12.8. The van der Waals surface area contributed by atoms with Crippen molar-refractivity contribution < 1.29 is 9.59 Å². The largest absolute Gasteiger partial charge is 0.388 e. The van der Waals surface area contributed by atoms with Crippen LogP contribution in [0.15, 0.2) is 4.99 Å². The molecule has 1 atom stereocenters. The van der Waals surface area contributed by atoms with Crippen molar-refractivity contribution in [2.45, 2.75) is 19.4 Å². The number of carbonyl (C=O) groups excluding carboxylic acids is 2. The third kappa shape index (κ3) is 3.41. The van der Waals surface area contributed by atoms with E-state index in [9.17, 15) is 9.59 Å². The SMILES string of the molecule is CC(N)=NCCSC[C@]1(C)NC(=O)NC1=O. The van der Waals surface area contributed by atoms with Gasteiger partial charge in [-0.15, -0.1) is 0 Å². The zero-order valence-corrected chi connectivity index (χ0v) is 10.2. The summed E-state index contributed by atoms with van der Waals surface area (Å²) in [4.78, 5) is 26.4. The Labute approximate surface area is 98.4 Å². The molecule has 6 nitrogen and oxygen atoms in total. The summed E-state index contributed by atoms with van der Waals surface area (Å²) in [6, 6.07) is -0.427. The Balaban J connectivity index is 2.30. The number of nitrogens with zero attached hydrogens (tertiary/aromatic N) is 1. The molecule has 90 valence electrons. The van der Waals surface area contributed by atoms with Crippen molar-refractivity contribution in [1.29, 1.82) is 0 Å². The van der Waals surface area contributed by atoms with E-state index >= 15 is 0 Å². The minimum atomic E-state index is -0.802. The highest BCUT2D eigenvalue weighted by atomic mass is 32.2. The van der Waals surface area contributed by atoms with E-state index < -0.39 is 11.6 Å². The third-order valence-corrected chi connectivity index (χ3v) is 3.36. The zero-order chi connectivity index (χ0) is 12.2. The summed E-state index contributed by atoms with van der Waals surface area (Å²) in [7, 11) is 0. The van der Waals surface area contributed by atoms with Gasteiger partial charge in [0.15, 0.2) is 0 Å². The zero-order valence-electron chi connectivity index (χ0n) is 9.37. The summed E-state index contributed by atoms with van der Waals surface area (Å²) < 4.78 is 0. The average Bonchev–Trinajstić information content (AvgIpc) is 2.39. The van der Waals surface area contributed by atoms with E-state index in [2.05, 4.69) is 15.6 Å². The Hall–Kier alpha value is -1.24. The molecule has 16 heavy (non-hydrogen) atoms. The number of imide groups is 1. The summed E-state index contributed by atoms with van der Waals surface area (Å²) >= 11 is 1.56. The molecule has 0 unspecified atom stereocenters. The maximum Gasteiger partial charge on any atom is 0.322 e. The van der Waals surface area contributed by atoms with Crippen LogP contribution < -0.4 is 16.4 Å². The lowest BCUT2D eigenvalue weighted by molar-refractivity contribution is -0.122. The fourth-order valence-electron chi connectivity index (χ4n) is 1.24. The van der Waals surface area contributed by atoms with Gasteiger partial charge in [0.1, 0.15) is 5.54 Å². The van der Waals surface area contributed by atoms with Crippen LogP contribution >= 0.6 is 11.8 Å². The van der Waals surface area contributed by atoms with Gasteiger partial charge in [-0.3, -0.25) is 15.1 Å². The Kier molecular flexibility index (Phi) is 4.17. The maximum absolute atomic E-state index is 11.4. The molecule has 1 saturated heterocycles. The predicted molar refractivity (Wildman–Crippen MR) is 64.6 cm³/mol. The number of aliphatic imine (C=N–C) groups is 1. The highest BCUT2D eigenvalue weighted by molar-refractivity contribution is 7.99. The van der Waals surface area contributed by atoms with Crippen LogP contribution in [-0.4, -0.2) is 41.4 Å². The second-order valence-electron chi connectivity index (χ2n) is 3.82. The van der Waals surface area contributed by atoms with Gasteiger partial charge >= 0.3 is 6.03 Å². The van der Waals surface area contributed by atoms with Crippen LogP contribution in [0.3, 0.4) is 0 Å². The molecule has 1 heterocycles. The number of hydrogen-bond donors (Lipinski definition) is 3. The number of amides is 3. The van der Waals surface area contributed by atoms with Crippen molar-refractivity contribution in [3.8, 4) is 0 Å². The van der Waals surface area contributed by atoms with Crippen molar-refractivity contribution in [3.63, 3.8) is 0 Å². The normalized spacial score (nSPS) is 25.5. The van der Waals surface area contributed by atoms with Gasteiger partial charge in [-0.2, -0.15) is 11.8 Å². The van der Waals surface area contributed by atoms with Crippen LogP contribution in [0.2, 0.25) is 0 Å². The summed E-state index contributed by atoms with van der Waals surface area (Å²) in [6.07, 6.45) is 0. The first-order chi connectivity index (χ1) is 7.44. The molecule has 0 aromatic heterocycles. The molecule has 0 saturated carbocycles. The number of hydrogen-bond acceptors (Lipinski definition) is 4. The van der Waals surface area contributed by atoms with Crippen LogP contribution in [0.25, 0.3) is 0 Å². The second kappa shape index (κ2) is 5.20. The van der Waals surface area contributed by atoms with Gasteiger partial charge in [0.05, 0.1) is 5.84 Å². The van der Waals surface area contributed by atoms with Gasteiger partial charge in [-0.25, -0.2) is 4.79 Å². The number of nitrogens with one attached hydrogen (secondary N) is 2. The molecule has 0 aromatic rings. The van der Waals surface area contributed by atoms with Crippen molar-refractivity contribution in [3.05, 3.63) is 0 Å². The van der Waals surface area contributed by atoms with Crippen LogP contribution in [0, 0.1) is 0 Å². The average molecular weight is 244 g/mol. The van der Waals surface area contributed by atoms with Crippen LogP contribution in [0.1, 0.15) is 13.8 Å². The van der Waals surface area contributed by atoms with Gasteiger partial charge < -0.3 is 11.1 Å². The van der Waals surface area contributed by atoms with E-state index in [-0.39, 0.29) is 5.91 Å². The van der Waals surface area contributed by atoms with Crippen LogP contribution in [-0.2, 0) is 4.79 Å². The van der Waals surface area contributed by atoms with Gasteiger partial charge in [0.25, 0.3) is 5.91 Å². The number of carbonyl (C=O) groups is 2. The fourth-order valence-corrected chi connectivity index (χ4v) is 2.22. The van der Waals surface area contributed by atoms with E-state index in [4.69, 9.17) is 5.73 Å². The summed E-state index contributed by atoms with van der Waals surface area (Å²) in [5.41, 5.74) is 4.58. The molecule has 1 aliphatic rings. The van der Waals surface area contributed by atoms with Gasteiger partial charge in [0.2, 0.25) is 0 Å². The monoisotopic (exact) mass is 244 g/mol. The van der Waals surface area contributed by atoms with Crippen LogP contribution in [0.4, 0.5) is 4.79 Å². The number of nitrogens with two attached hydrogens (primary N) is 1. The Morgan fingerprint density at radius 3 is 2.75 bits per heavy atom. The van der Waals surface area contributed by atoms with Gasteiger partial charge in [-0.05, 0) is 13.8 Å². The molecule has 4 N–H and O–H groups in total. The molecule has 1 fully saturated rings. The van der Waals surface area contributed by atoms with E-state index in [1.807, 2.05) is 0 Å². The van der Waals surface area contributed by atoms with Gasteiger partial charge in [-0.1, -0.05) is 0 Å². The molecule has 0 aliphatic carbocycles. The van der Waals surface area contributed by atoms with Crippen molar-refractivity contribution in [2.75, 3.05) is 18.1 Å². The maximum atomic E-state index is 11.4. The molecule has 0 aromatic carbocycles. The molecule has 0 spiro atoms. The molecule has 1 aliphatic heterocycles. The van der Waals surface area contributed by atoms with E-state index in [0.717, 1.165) is 5.75 Å². The van der Waals surface area contributed by atoms with Crippen LogP contribution in [0.5, 0.6) is 0 Å². The second-order valence-corrected chi connectivity index (χ2v) is 4.92.